The van der Waals surface area contributed by atoms with Crippen molar-refractivity contribution in [1.82, 2.24) is 10.2 Å². The summed E-state index contributed by atoms with van der Waals surface area (Å²) in [6.45, 7) is 10.8. The number of alkyl carbamates (subject to hydrolysis) is 1. The molecule has 2 amide bonds. The van der Waals surface area contributed by atoms with Crippen molar-refractivity contribution >= 4 is 12.0 Å². The molecule has 19 heavy (non-hydrogen) atoms. The number of nitrogens with one attached hydrogen (secondary N) is 1. The van der Waals surface area contributed by atoms with Gasteiger partial charge < -0.3 is 15.0 Å². The Morgan fingerprint density at radius 1 is 1.16 bits per heavy atom. The van der Waals surface area contributed by atoms with Gasteiger partial charge in [0.25, 0.3) is 0 Å². The van der Waals surface area contributed by atoms with Gasteiger partial charge in [0.15, 0.2) is 0 Å². The standard InChI is InChI=1S/C14H26N2O3/c1-10(2)11(12(17)16-8-6-7-9-16)15-13(18)19-14(3,4)5/h10-11H,6-9H2,1-5H3,(H,15,18)/t11-/m1/s1. The smallest absolute Gasteiger partial charge is 0.408 e. The lowest BCUT2D eigenvalue weighted by Crippen LogP contribution is -2.51. The minimum Gasteiger partial charge on any atom is -0.444 e. The summed E-state index contributed by atoms with van der Waals surface area (Å²) in [4.78, 5) is 26.0. The highest BCUT2D eigenvalue weighted by Crippen LogP contribution is 2.14. The first kappa shape index (κ1) is 15.8. The second-order valence-corrected chi connectivity index (χ2v) is 6.40. The number of carbonyl (C=O) groups is 2. The summed E-state index contributed by atoms with van der Waals surface area (Å²) in [5.74, 6) is 0.0407. The van der Waals surface area contributed by atoms with Crippen molar-refractivity contribution in [3.05, 3.63) is 0 Å². The first-order valence-electron chi connectivity index (χ1n) is 6.99. The second-order valence-electron chi connectivity index (χ2n) is 6.40. The van der Waals surface area contributed by atoms with Crippen LogP contribution in [-0.2, 0) is 9.53 Å². The van der Waals surface area contributed by atoms with Gasteiger partial charge in [0.05, 0.1) is 0 Å². The van der Waals surface area contributed by atoms with Gasteiger partial charge in [-0.25, -0.2) is 4.79 Å². The molecule has 0 aliphatic carbocycles. The van der Waals surface area contributed by atoms with E-state index in [0.29, 0.717) is 0 Å². The van der Waals surface area contributed by atoms with Crippen LogP contribution in [0.4, 0.5) is 4.79 Å². The van der Waals surface area contributed by atoms with Crippen LogP contribution in [0.5, 0.6) is 0 Å². The number of nitrogens with zero attached hydrogens (tertiary/aromatic N) is 1. The van der Waals surface area contributed by atoms with E-state index in [1.807, 2.05) is 18.7 Å². The van der Waals surface area contributed by atoms with Crippen molar-refractivity contribution in [1.29, 1.82) is 0 Å². The highest BCUT2D eigenvalue weighted by molar-refractivity contribution is 5.86. The molecular formula is C14H26N2O3. The van der Waals surface area contributed by atoms with Gasteiger partial charge in [0.1, 0.15) is 11.6 Å². The molecule has 1 heterocycles. The second kappa shape index (κ2) is 6.26. The number of rotatable bonds is 3. The first-order valence-corrected chi connectivity index (χ1v) is 6.99. The number of hydrogen-bond acceptors (Lipinski definition) is 3. The van der Waals surface area contributed by atoms with Crippen molar-refractivity contribution in [3.63, 3.8) is 0 Å². The van der Waals surface area contributed by atoms with Crippen LogP contribution in [0.25, 0.3) is 0 Å². The van der Waals surface area contributed by atoms with Gasteiger partial charge in [-0.05, 0) is 39.5 Å². The summed E-state index contributed by atoms with van der Waals surface area (Å²) >= 11 is 0. The molecule has 0 spiro atoms. The van der Waals surface area contributed by atoms with Crippen molar-refractivity contribution in [2.45, 2.75) is 59.1 Å². The van der Waals surface area contributed by atoms with Crippen LogP contribution in [0.2, 0.25) is 0 Å². The molecule has 1 saturated heterocycles. The minimum atomic E-state index is -0.553. The number of hydrogen-bond donors (Lipinski definition) is 1. The molecule has 0 aromatic rings. The summed E-state index contributed by atoms with van der Waals surface area (Å²) in [6.07, 6.45) is 1.56. The van der Waals surface area contributed by atoms with Gasteiger partial charge in [-0.2, -0.15) is 0 Å². The highest BCUT2D eigenvalue weighted by Gasteiger charge is 2.31. The fourth-order valence-corrected chi connectivity index (χ4v) is 2.08. The third-order valence-electron chi connectivity index (χ3n) is 3.02. The third-order valence-corrected chi connectivity index (χ3v) is 3.02. The predicted octanol–water partition coefficient (Wildman–Crippen LogP) is 2.16. The lowest BCUT2D eigenvalue weighted by atomic mass is 10.0. The van der Waals surface area contributed by atoms with E-state index < -0.39 is 17.7 Å². The molecular weight excluding hydrogens is 244 g/mol. The van der Waals surface area contributed by atoms with Gasteiger partial charge in [-0.15, -0.1) is 0 Å². The van der Waals surface area contributed by atoms with Crippen LogP contribution in [0.15, 0.2) is 0 Å². The monoisotopic (exact) mass is 270 g/mol. The van der Waals surface area contributed by atoms with Gasteiger partial charge in [-0.1, -0.05) is 13.8 Å². The van der Waals surface area contributed by atoms with E-state index in [-0.39, 0.29) is 11.8 Å². The van der Waals surface area contributed by atoms with E-state index in [0.717, 1.165) is 25.9 Å². The molecule has 1 fully saturated rings. The lowest BCUT2D eigenvalue weighted by molar-refractivity contribution is -0.133. The van der Waals surface area contributed by atoms with E-state index in [4.69, 9.17) is 4.74 Å². The van der Waals surface area contributed by atoms with Crippen LogP contribution in [0.3, 0.4) is 0 Å². The van der Waals surface area contributed by atoms with E-state index in [1.54, 1.807) is 20.8 Å². The molecule has 1 rings (SSSR count). The minimum absolute atomic E-state index is 0.00152. The quantitative estimate of drug-likeness (QED) is 0.855. The van der Waals surface area contributed by atoms with E-state index in [2.05, 4.69) is 5.32 Å². The van der Waals surface area contributed by atoms with Crippen LogP contribution in [0.1, 0.15) is 47.5 Å². The number of likely N-dealkylation sites (tertiary alicyclic amines) is 1. The summed E-state index contributed by atoms with van der Waals surface area (Å²) in [7, 11) is 0. The fourth-order valence-electron chi connectivity index (χ4n) is 2.08. The Labute approximate surface area is 115 Å². The molecule has 1 atom stereocenters. The molecule has 0 unspecified atom stereocenters. The predicted molar refractivity (Wildman–Crippen MR) is 73.8 cm³/mol. The number of ether oxygens (including phenoxy) is 1. The SMILES string of the molecule is CC(C)[C@@H](NC(=O)OC(C)(C)C)C(=O)N1CCCC1. The highest BCUT2D eigenvalue weighted by atomic mass is 16.6. The lowest BCUT2D eigenvalue weighted by Gasteiger charge is -2.28. The van der Waals surface area contributed by atoms with E-state index >= 15 is 0 Å². The van der Waals surface area contributed by atoms with Crippen LogP contribution < -0.4 is 5.32 Å². The molecule has 5 nitrogen and oxygen atoms in total. The Morgan fingerprint density at radius 3 is 2.11 bits per heavy atom. The topological polar surface area (TPSA) is 58.6 Å². The Hall–Kier alpha value is -1.26. The summed E-state index contributed by atoms with van der Waals surface area (Å²) in [5, 5.41) is 2.70. The number of carbonyl (C=O) groups excluding carboxylic acids is 2. The average molecular weight is 270 g/mol. The van der Waals surface area contributed by atoms with Gasteiger partial charge in [-0.3, -0.25) is 4.79 Å². The maximum Gasteiger partial charge on any atom is 0.408 e. The molecule has 5 heteroatoms. The Morgan fingerprint density at radius 2 is 1.68 bits per heavy atom. The van der Waals surface area contributed by atoms with Crippen molar-refractivity contribution in [3.8, 4) is 0 Å². The molecule has 0 radical (unpaired) electrons. The summed E-state index contributed by atoms with van der Waals surface area (Å²) in [5.41, 5.74) is -0.553. The molecule has 1 aliphatic heterocycles. The van der Waals surface area contributed by atoms with Gasteiger partial charge in [0, 0.05) is 13.1 Å². The molecule has 0 aromatic carbocycles. The van der Waals surface area contributed by atoms with Crippen LogP contribution in [-0.4, -0.2) is 41.6 Å². The summed E-state index contributed by atoms with van der Waals surface area (Å²) < 4.78 is 5.21. The zero-order valence-electron chi connectivity index (χ0n) is 12.7. The largest absolute Gasteiger partial charge is 0.444 e. The Bertz CT molecular complexity index is 328. The normalized spacial score (nSPS) is 17.5. The van der Waals surface area contributed by atoms with Crippen molar-refractivity contribution in [2.75, 3.05) is 13.1 Å². The van der Waals surface area contributed by atoms with Crippen molar-refractivity contribution < 1.29 is 14.3 Å². The van der Waals surface area contributed by atoms with E-state index in [9.17, 15) is 9.59 Å². The molecule has 0 bridgehead atoms. The Balaban J connectivity index is 2.62. The zero-order valence-corrected chi connectivity index (χ0v) is 12.7. The molecule has 0 saturated carbocycles. The van der Waals surface area contributed by atoms with Gasteiger partial charge in [0.2, 0.25) is 5.91 Å². The number of amides is 2. The third kappa shape index (κ3) is 5.09. The van der Waals surface area contributed by atoms with Crippen LogP contribution >= 0.6 is 0 Å². The van der Waals surface area contributed by atoms with Crippen LogP contribution in [0, 0.1) is 5.92 Å². The maximum atomic E-state index is 12.3. The molecule has 0 aromatic heterocycles. The van der Waals surface area contributed by atoms with Crippen molar-refractivity contribution in [2.24, 2.45) is 5.92 Å². The average Bonchev–Trinajstić information content (AvgIpc) is 2.75. The molecule has 110 valence electrons. The fraction of sp³-hybridized carbons (Fsp3) is 0.857. The molecule has 1 N–H and O–H groups in total. The Kier molecular flexibility index (Phi) is 5.20. The zero-order chi connectivity index (χ0) is 14.6. The van der Waals surface area contributed by atoms with E-state index in [1.165, 1.54) is 0 Å². The maximum absolute atomic E-state index is 12.3. The summed E-state index contributed by atoms with van der Waals surface area (Å²) in [6, 6.07) is -0.507. The first-order chi connectivity index (χ1) is 8.70. The molecule has 1 aliphatic rings. The van der Waals surface area contributed by atoms with Gasteiger partial charge >= 0.3 is 6.09 Å².